The highest BCUT2D eigenvalue weighted by molar-refractivity contribution is 9.10. The number of carbonyl (C=O) groups is 1. The van der Waals surface area contributed by atoms with Gasteiger partial charge in [0.25, 0.3) is 5.91 Å². The fourth-order valence-electron chi connectivity index (χ4n) is 1.37. The van der Waals surface area contributed by atoms with Crippen LogP contribution in [0.2, 0.25) is 0 Å². The van der Waals surface area contributed by atoms with Gasteiger partial charge >= 0.3 is 0 Å². The van der Waals surface area contributed by atoms with E-state index >= 15 is 0 Å². The summed E-state index contributed by atoms with van der Waals surface area (Å²) in [5.74, 6) is -0.329. The van der Waals surface area contributed by atoms with Gasteiger partial charge in [-0.1, -0.05) is 22.0 Å². The third kappa shape index (κ3) is 2.47. The van der Waals surface area contributed by atoms with Crippen molar-refractivity contribution in [2.45, 2.75) is 6.92 Å². The molecule has 6 heteroatoms. The van der Waals surface area contributed by atoms with Crippen molar-refractivity contribution in [1.82, 2.24) is 10.2 Å². The number of amides is 1. The number of hydrogen-bond acceptors (Lipinski definition) is 3. The summed E-state index contributed by atoms with van der Waals surface area (Å²) in [6.07, 6.45) is 0. The fraction of sp³-hybridized carbons (Fsp3) is 0.0909. The molecular weight excluding hydrogens is 284 g/mol. The highest BCUT2D eigenvalue weighted by Gasteiger charge is 2.15. The van der Waals surface area contributed by atoms with Crippen molar-refractivity contribution in [2.75, 3.05) is 11.1 Å². The summed E-state index contributed by atoms with van der Waals surface area (Å²) in [7, 11) is 0. The van der Waals surface area contributed by atoms with Crippen molar-refractivity contribution in [3.63, 3.8) is 0 Å². The molecule has 0 radical (unpaired) electrons. The van der Waals surface area contributed by atoms with Gasteiger partial charge in [-0.2, -0.15) is 5.10 Å². The van der Waals surface area contributed by atoms with Crippen molar-refractivity contribution in [3.8, 4) is 0 Å². The SMILES string of the molecule is Cc1[nH]nc(C(=O)Nc2cccc(Br)c2)c1N. The molecule has 1 amide bonds. The molecule has 17 heavy (non-hydrogen) atoms. The Labute approximate surface area is 107 Å². The molecule has 0 aliphatic heterocycles. The number of carbonyl (C=O) groups excluding carboxylic acids is 1. The first-order valence-corrected chi connectivity index (χ1v) is 5.74. The first-order chi connectivity index (χ1) is 8.08. The largest absolute Gasteiger partial charge is 0.395 e. The molecule has 0 saturated carbocycles. The summed E-state index contributed by atoms with van der Waals surface area (Å²) in [4.78, 5) is 11.9. The molecule has 0 aliphatic rings. The second kappa shape index (κ2) is 4.58. The maximum Gasteiger partial charge on any atom is 0.278 e. The minimum absolute atomic E-state index is 0.211. The molecule has 1 aromatic carbocycles. The molecule has 0 fully saturated rings. The number of rotatable bonds is 2. The van der Waals surface area contributed by atoms with Crippen molar-refractivity contribution in [1.29, 1.82) is 0 Å². The summed E-state index contributed by atoms with van der Waals surface area (Å²) in [6, 6.07) is 7.30. The molecule has 0 bridgehead atoms. The van der Waals surface area contributed by atoms with E-state index < -0.39 is 0 Å². The molecule has 2 aromatic rings. The van der Waals surface area contributed by atoms with Gasteiger partial charge in [-0.05, 0) is 25.1 Å². The first-order valence-electron chi connectivity index (χ1n) is 4.95. The molecule has 5 nitrogen and oxygen atoms in total. The Morgan fingerprint density at radius 2 is 2.29 bits per heavy atom. The number of nitrogens with one attached hydrogen (secondary N) is 2. The predicted octanol–water partition coefficient (Wildman–Crippen LogP) is 2.32. The Kier molecular flexibility index (Phi) is 3.14. The summed E-state index contributed by atoms with van der Waals surface area (Å²) in [5, 5.41) is 9.25. The van der Waals surface area contributed by atoms with Crippen molar-refractivity contribution >= 4 is 33.2 Å². The zero-order valence-corrected chi connectivity index (χ0v) is 10.7. The zero-order valence-electron chi connectivity index (χ0n) is 9.12. The van der Waals surface area contributed by atoms with Gasteiger partial charge in [-0.25, -0.2) is 0 Å². The van der Waals surface area contributed by atoms with Gasteiger partial charge in [-0.3, -0.25) is 9.89 Å². The number of nitrogens with two attached hydrogens (primary N) is 1. The Bertz CT molecular complexity index is 564. The minimum atomic E-state index is -0.329. The average molecular weight is 295 g/mol. The number of benzene rings is 1. The molecule has 2 rings (SSSR count). The first kappa shape index (κ1) is 11.7. The van der Waals surface area contributed by atoms with E-state index in [4.69, 9.17) is 5.73 Å². The van der Waals surface area contributed by atoms with Gasteiger partial charge in [0.15, 0.2) is 5.69 Å². The summed E-state index contributed by atoms with van der Waals surface area (Å²) >= 11 is 3.33. The van der Waals surface area contributed by atoms with Crippen molar-refractivity contribution in [2.24, 2.45) is 0 Å². The Hall–Kier alpha value is -1.82. The van der Waals surface area contributed by atoms with E-state index in [1.807, 2.05) is 12.1 Å². The number of nitrogen functional groups attached to an aromatic ring is 1. The van der Waals surface area contributed by atoms with E-state index in [2.05, 4.69) is 31.4 Å². The maximum atomic E-state index is 11.9. The predicted molar refractivity (Wildman–Crippen MR) is 69.8 cm³/mol. The molecule has 4 N–H and O–H groups in total. The zero-order chi connectivity index (χ0) is 12.4. The molecule has 0 saturated heterocycles. The van der Waals surface area contributed by atoms with Crippen molar-refractivity contribution in [3.05, 3.63) is 40.1 Å². The van der Waals surface area contributed by atoms with Gasteiger partial charge in [0.1, 0.15) is 0 Å². The lowest BCUT2D eigenvalue weighted by Gasteiger charge is -2.03. The van der Waals surface area contributed by atoms with Crippen LogP contribution >= 0.6 is 15.9 Å². The normalized spacial score (nSPS) is 10.2. The molecule has 0 aliphatic carbocycles. The van der Waals surface area contributed by atoms with E-state index in [0.29, 0.717) is 17.1 Å². The smallest absolute Gasteiger partial charge is 0.278 e. The second-order valence-corrected chi connectivity index (χ2v) is 4.49. The fourth-order valence-corrected chi connectivity index (χ4v) is 1.77. The molecule has 0 unspecified atom stereocenters. The van der Waals surface area contributed by atoms with Gasteiger partial charge < -0.3 is 11.1 Å². The molecule has 1 aromatic heterocycles. The Morgan fingerprint density at radius 1 is 1.53 bits per heavy atom. The lowest BCUT2D eigenvalue weighted by Crippen LogP contribution is -2.14. The number of halogens is 1. The van der Waals surface area contributed by atoms with Crippen LogP contribution in [0.1, 0.15) is 16.2 Å². The summed E-state index contributed by atoms with van der Waals surface area (Å²) < 4.78 is 0.890. The number of hydrogen-bond donors (Lipinski definition) is 3. The summed E-state index contributed by atoms with van der Waals surface area (Å²) in [6.45, 7) is 1.76. The third-order valence-corrected chi connectivity index (χ3v) is 2.79. The maximum absolute atomic E-state index is 11.9. The van der Waals surface area contributed by atoms with Gasteiger partial charge in [-0.15, -0.1) is 0 Å². The lowest BCUT2D eigenvalue weighted by atomic mass is 10.2. The average Bonchev–Trinajstić information content (AvgIpc) is 2.60. The van der Waals surface area contributed by atoms with E-state index in [9.17, 15) is 4.79 Å². The van der Waals surface area contributed by atoms with Crippen LogP contribution in [-0.4, -0.2) is 16.1 Å². The quantitative estimate of drug-likeness (QED) is 0.795. The number of anilines is 2. The molecule has 0 atom stereocenters. The highest BCUT2D eigenvalue weighted by Crippen LogP contribution is 2.18. The van der Waals surface area contributed by atoms with Gasteiger partial charge in [0, 0.05) is 10.2 Å². The minimum Gasteiger partial charge on any atom is -0.395 e. The van der Waals surface area contributed by atoms with E-state index in [0.717, 1.165) is 4.47 Å². The Balaban J connectivity index is 2.20. The number of aromatic nitrogens is 2. The number of nitrogens with zero attached hydrogens (tertiary/aromatic N) is 1. The van der Waals surface area contributed by atoms with Crippen LogP contribution in [0.4, 0.5) is 11.4 Å². The number of H-pyrrole nitrogens is 1. The van der Waals surface area contributed by atoms with Crippen LogP contribution < -0.4 is 11.1 Å². The topological polar surface area (TPSA) is 83.8 Å². The molecule has 0 spiro atoms. The van der Waals surface area contributed by atoms with Gasteiger partial charge in [0.2, 0.25) is 0 Å². The van der Waals surface area contributed by atoms with Crippen LogP contribution in [0.25, 0.3) is 0 Å². The number of aryl methyl sites for hydroxylation is 1. The van der Waals surface area contributed by atoms with Crippen LogP contribution in [0.15, 0.2) is 28.7 Å². The van der Waals surface area contributed by atoms with E-state index in [1.54, 1.807) is 19.1 Å². The molecule has 88 valence electrons. The Morgan fingerprint density at radius 3 is 2.88 bits per heavy atom. The standard InChI is InChI=1S/C11H11BrN4O/c1-6-9(13)10(16-15-6)11(17)14-8-4-2-3-7(12)5-8/h2-5H,13H2,1H3,(H,14,17)(H,15,16). The van der Waals surface area contributed by atoms with Crippen molar-refractivity contribution < 1.29 is 4.79 Å². The van der Waals surface area contributed by atoms with Crippen LogP contribution in [0.3, 0.4) is 0 Å². The van der Waals surface area contributed by atoms with Crippen LogP contribution in [-0.2, 0) is 0 Å². The molecular formula is C11H11BrN4O. The van der Waals surface area contributed by atoms with Gasteiger partial charge in [0.05, 0.1) is 11.4 Å². The molecule has 1 heterocycles. The van der Waals surface area contributed by atoms with Crippen LogP contribution in [0.5, 0.6) is 0 Å². The van der Waals surface area contributed by atoms with E-state index in [1.165, 1.54) is 0 Å². The monoisotopic (exact) mass is 294 g/mol. The highest BCUT2D eigenvalue weighted by atomic mass is 79.9. The van der Waals surface area contributed by atoms with E-state index in [-0.39, 0.29) is 11.6 Å². The van der Waals surface area contributed by atoms with Crippen LogP contribution in [0, 0.1) is 6.92 Å². The summed E-state index contributed by atoms with van der Waals surface area (Å²) in [5.41, 5.74) is 7.68. The lowest BCUT2D eigenvalue weighted by molar-refractivity contribution is 0.102. The second-order valence-electron chi connectivity index (χ2n) is 3.58. The third-order valence-electron chi connectivity index (χ3n) is 2.29. The number of aromatic amines is 1.